The monoisotopic (exact) mass is 629 g/mol. The zero-order chi connectivity index (χ0) is 31.9. The highest BCUT2D eigenvalue weighted by molar-refractivity contribution is 7.25. The third-order valence-electron chi connectivity index (χ3n) is 9.26. The van der Waals surface area contributed by atoms with Gasteiger partial charge in [0.2, 0.25) is 0 Å². The zero-order valence-electron chi connectivity index (χ0n) is 26.3. The summed E-state index contributed by atoms with van der Waals surface area (Å²) in [5.74, 6) is 0. The fraction of sp³-hybridized carbons (Fsp3) is 0. The maximum absolute atomic E-state index is 2.37. The topological polar surface area (TPSA) is 3.24 Å². The predicted octanol–water partition coefficient (Wildman–Crippen LogP) is 13.7. The van der Waals surface area contributed by atoms with Crippen LogP contribution in [0, 0.1) is 0 Å². The molecular weight excluding hydrogens is 599 g/mol. The molecule has 0 aliphatic carbocycles. The molecule has 0 amide bonds. The summed E-state index contributed by atoms with van der Waals surface area (Å²) in [4.78, 5) is 2.37. The lowest BCUT2D eigenvalue weighted by molar-refractivity contribution is 1.29. The van der Waals surface area contributed by atoms with E-state index in [4.69, 9.17) is 0 Å². The zero-order valence-corrected chi connectivity index (χ0v) is 27.1. The Labute approximate surface area is 284 Å². The molecule has 0 saturated carbocycles. The van der Waals surface area contributed by atoms with Crippen molar-refractivity contribution in [2.45, 2.75) is 0 Å². The van der Waals surface area contributed by atoms with Gasteiger partial charge in [-0.3, -0.25) is 0 Å². The SMILES string of the molecule is c1ccc(-c2ccc(N(c3ccc(-c4ccccc4)cc3)c3ccc4c(c3)sc3cc(-c5ccc6ccccc6c5)ccc34)cc2)cc1. The first-order chi connectivity index (χ1) is 23.8. The summed E-state index contributed by atoms with van der Waals surface area (Å²) in [6.07, 6.45) is 0. The summed E-state index contributed by atoms with van der Waals surface area (Å²) in [7, 11) is 0. The average molecular weight is 630 g/mol. The van der Waals surface area contributed by atoms with Gasteiger partial charge in [0.05, 0.1) is 0 Å². The van der Waals surface area contributed by atoms with Crippen LogP contribution in [0.2, 0.25) is 0 Å². The molecule has 9 rings (SSSR count). The van der Waals surface area contributed by atoms with Gasteiger partial charge in [0.1, 0.15) is 0 Å². The number of nitrogens with zero attached hydrogens (tertiary/aromatic N) is 1. The van der Waals surface area contributed by atoms with Gasteiger partial charge in [-0.25, -0.2) is 0 Å². The van der Waals surface area contributed by atoms with Crippen molar-refractivity contribution in [1.29, 1.82) is 0 Å². The molecule has 8 aromatic carbocycles. The molecular formula is C46H31NS. The quantitative estimate of drug-likeness (QED) is 0.177. The maximum Gasteiger partial charge on any atom is 0.0476 e. The summed E-state index contributed by atoms with van der Waals surface area (Å²) in [6, 6.07) is 68.1. The largest absolute Gasteiger partial charge is 0.310 e. The molecule has 0 spiro atoms. The molecule has 0 N–H and O–H groups in total. The van der Waals surface area contributed by atoms with Gasteiger partial charge in [0, 0.05) is 37.2 Å². The second-order valence-corrected chi connectivity index (χ2v) is 13.3. The second-order valence-electron chi connectivity index (χ2n) is 12.2. The molecule has 48 heavy (non-hydrogen) atoms. The number of thiophene rings is 1. The number of fused-ring (bicyclic) bond motifs is 4. The Morgan fingerprint density at radius 1 is 0.292 bits per heavy atom. The van der Waals surface area contributed by atoms with E-state index in [0.717, 1.165) is 17.1 Å². The Morgan fingerprint density at radius 3 is 1.35 bits per heavy atom. The van der Waals surface area contributed by atoms with Crippen LogP contribution < -0.4 is 4.90 Å². The van der Waals surface area contributed by atoms with E-state index in [2.05, 4.69) is 193 Å². The van der Waals surface area contributed by atoms with Crippen LogP contribution in [-0.4, -0.2) is 0 Å². The first-order valence-electron chi connectivity index (χ1n) is 16.3. The van der Waals surface area contributed by atoms with Gasteiger partial charge in [-0.1, -0.05) is 140 Å². The summed E-state index contributed by atoms with van der Waals surface area (Å²) in [5.41, 5.74) is 10.7. The molecule has 0 aliphatic heterocycles. The number of rotatable bonds is 6. The standard InChI is InChI=1S/C46H31NS/c1-3-9-32(10-4-1)35-17-22-40(23-18-35)47(41-24-19-36(20-25-41)33-11-5-2-6-12-33)42-26-28-44-43-27-21-39(30-45(43)48-46(44)31-42)38-16-15-34-13-7-8-14-37(34)29-38/h1-31H. The Balaban J connectivity index is 1.13. The number of benzene rings is 8. The lowest BCUT2D eigenvalue weighted by Gasteiger charge is -2.26. The van der Waals surface area contributed by atoms with Crippen LogP contribution in [0.25, 0.3) is 64.3 Å². The van der Waals surface area contributed by atoms with Crippen molar-refractivity contribution in [2.24, 2.45) is 0 Å². The highest BCUT2D eigenvalue weighted by Gasteiger charge is 2.16. The molecule has 0 aliphatic rings. The molecule has 2 heteroatoms. The number of anilines is 3. The number of hydrogen-bond donors (Lipinski definition) is 0. The minimum absolute atomic E-state index is 1.13. The van der Waals surface area contributed by atoms with Crippen LogP contribution in [0.5, 0.6) is 0 Å². The Bertz CT molecular complexity index is 2450. The lowest BCUT2D eigenvalue weighted by Crippen LogP contribution is -2.09. The summed E-state index contributed by atoms with van der Waals surface area (Å²) in [5, 5.41) is 5.13. The van der Waals surface area contributed by atoms with E-state index >= 15 is 0 Å². The molecule has 0 atom stereocenters. The fourth-order valence-corrected chi connectivity index (χ4v) is 7.95. The van der Waals surface area contributed by atoms with Gasteiger partial charge >= 0.3 is 0 Å². The van der Waals surface area contributed by atoms with E-state index in [1.54, 1.807) is 0 Å². The maximum atomic E-state index is 2.37. The molecule has 0 saturated heterocycles. The van der Waals surface area contributed by atoms with E-state index < -0.39 is 0 Å². The van der Waals surface area contributed by atoms with Crippen molar-refractivity contribution in [2.75, 3.05) is 4.90 Å². The van der Waals surface area contributed by atoms with Gasteiger partial charge in [0.15, 0.2) is 0 Å². The first kappa shape index (κ1) is 28.3. The molecule has 0 bridgehead atoms. The Kier molecular flexibility index (Phi) is 7.07. The van der Waals surface area contributed by atoms with Crippen LogP contribution in [0.15, 0.2) is 188 Å². The Hall–Kier alpha value is -5.96. The van der Waals surface area contributed by atoms with Gasteiger partial charge in [-0.2, -0.15) is 0 Å². The van der Waals surface area contributed by atoms with Gasteiger partial charge in [-0.05, 0) is 92.7 Å². The normalized spacial score (nSPS) is 11.3. The molecule has 0 radical (unpaired) electrons. The highest BCUT2D eigenvalue weighted by atomic mass is 32.1. The van der Waals surface area contributed by atoms with E-state index in [1.807, 2.05) is 11.3 Å². The van der Waals surface area contributed by atoms with Crippen LogP contribution in [0.1, 0.15) is 0 Å². The van der Waals surface area contributed by atoms with Crippen LogP contribution in [0.4, 0.5) is 17.1 Å². The minimum Gasteiger partial charge on any atom is -0.310 e. The third kappa shape index (κ3) is 5.23. The second kappa shape index (κ2) is 12.0. The molecule has 226 valence electrons. The van der Waals surface area contributed by atoms with Crippen LogP contribution in [0.3, 0.4) is 0 Å². The van der Waals surface area contributed by atoms with E-state index in [0.29, 0.717) is 0 Å². The molecule has 9 aromatic rings. The molecule has 0 unspecified atom stereocenters. The van der Waals surface area contributed by atoms with Crippen LogP contribution in [-0.2, 0) is 0 Å². The lowest BCUT2D eigenvalue weighted by atomic mass is 10.00. The van der Waals surface area contributed by atoms with Crippen molar-refractivity contribution in [3.63, 3.8) is 0 Å². The predicted molar refractivity (Wildman–Crippen MR) is 208 cm³/mol. The van der Waals surface area contributed by atoms with Crippen molar-refractivity contribution >= 4 is 59.3 Å². The van der Waals surface area contributed by atoms with Crippen molar-refractivity contribution in [1.82, 2.24) is 0 Å². The smallest absolute Gasteiger partial charge is 0.0476 e. The average Bonchev–Trinajstić information content (AvgIpc) is 3.53. The van der Waals surface area contributed by atoms with E-state index in [9.17, 15) is 0 Å². The van der Waals surface area contributed by atoms with Gasteiger partial charge < -0.3 is 4.90 Å². The first-order valence-corrected chi connectivity index (χ1v) is 17.2. The van der Waals surface area contributed by atoms with Gasteiger partial charge in [0.25, 0.3) is 0 Å². The minimum atomic E-state index is 1.13. The molecule has 0 fully saturated rings. The summed E-state index contributed by atoms with van der Waals surface area (Å²) in [6.45, 7) is 0. The summed E-state index contributed by atoms with van der Waals surface area (Å²) >= 11 is 1.87. The van der Waals surface area contributed by atoms with Crippen molar-refractivity contribution in [3.05, 3.63) is 188 Å². The van der Waals surface area contributed by atoms with E-state index in [1.165, 1.54) is 64.3 Å². The Morgan fingerprint density at radius 2 is 0.729 bits per heavy atom. The fourth-order valence-electron chi connectivity index (χ4n) is 6.77. The number of hydrogen-bond acceptors (Lipinski definition) is 2. The highest BCUT2D eigenvalue weighted by Crippen LogP contribution is 2.42. The third-order valence-corrected chi connectivity index (χ3v) is 10.4. The molecule has 1 aromatic heterocycles. The van der Waals surface area contributed by atoms with Crippen molar-refractivity contribution < 1.29 is 0 Å². The molecule has 1 nitrogen and oxygen atoms in total. The van der Waals surface area contributed by atoms with E-state index in [-0.39, 0.29) is 0 Å². The molecule has 1 heterocycles. The van der Waals surface area contributed by atoms with Gasteiger partial charge in [-0.15, -0.1) is 11.3 Å². The van der Waals surface area contributed by atoms with Crippen LogP contribution >= 0.6 is 11.3 Å². The van der Waals surface area contributed by atoms with Crippen molar-refractivity contribution in [3.8, 4) is 33.4 Å². The summed E-state index contributed by atoms with van der Waals surface area (Å²) < 4.78 is 2.59.